The summed E-state index contributed by atoms with van der Waals surface area (Å²) in [6.07, 6.45) is 2.45. The number of nitrogens with one attached hydrogen (secondary N) is 1. The minimum atomic E-state index is 0.503. The van der Waals surface area contributed by atoms with Gasteiger partial charge in [-0.2, -0.15) is 0 Å². The Balaban J connectivity index is 1.76. The van der Waals surface area contributed by atoms with Crippen molar-refractivity contribution in [3.8, 4) is 0 Å². The van der Waals surface area contributed by atoms with Crippen LogP contribution in [0.4, 0.5) is 11.8 Å². The lowest BCUT2D eigenvalue weighted by molar-refractivity contribution is 0.166. The van der Waals surface area contributed by atoms with E-state index in [4.69, 9.17) is 4.98 Å². The first kappa shape index (κ1) is 16.8. The zero-order valence-electron chi connectivity index (χ0n) is 15.1. The second-order valence-corrected chi connectivity index (χ2v) is 6.97. The third-order valence-electron chi connectivity index (χ3n) is 4.59. The topological polar surface area (TPSA) is 53.9 Å². The number of anilines is 2. The van der Waals surface area contributed by atoms with Crippen molar-refractivity contribution in [2.45, 2.75) is 52.5 Å². The molecule has 0 spiro atoms. The van der Waals surface area contributed by atoms with Crippen molar-refractivity contribution >= 4 is 11.8 Å². The molecule has 0 amide bonds. The zero-order valence-corrected chi connectivity index (χ0v) is 15.1. The van der Waals surface area contributed by atoms with Gasteiger partial charge in [0.05, 0.1) is 0 Å². The van der Waals surface area contributed by atoms with E-state index in [0.717, 1.165) is 29.4 Å². The van der Waals surface area contributed by atoms with Crippen LogP contribution >= 0.6 is 0 Å². The van der Waals surface area contributed by atoms with Crippen LogP contribution in [0.3, 0.4) is 0 Å². The third-order valence-corrected chi connectivity index (χ3v) is 4.59. The minimum absolute atomic E-state index is 0.503. The van der Waals surface area contributed by atoms with E-state index in [1.807, 2.05) is 26.0 Å². The van der Waals surface area contributed by atoms with Crippen LogP contribution in [0.15, 0.2) is 24.3 Å². The van der Waals surface area contributed by atoms with Crippen LogP contribution in [-0.2, 0) is 0 Å². The second-order valence-electron chi connectivity index (χ2n) is 6.97. The fourth-order valence-electron chi connectivity index (χ4n) is 3.36. The van der Waals surface area contributed by atoms with Crippen molar-refractivity contribution in [3.63, 3.8) is 0 Å². The molecule has 1 atom stereocenters. The lowest BCUT2D eigenvalue weighted by Gasteiger charge is -2.35. The van der Waals surface area contributed by atoms with Gasteiger partial charge in [-0.05, 0) is 65.3 Å². The van der Waals surface area contributed by atoms with Crippen LogP contribution in [0, 0.1) is 13.8 Å². The number of rotatable bonds is 4. The van der Waals surface area contributed by atoms with Crippen LogP contribution in [-0.4, -0.2) is 39.0 Å². The van der Waals surface area contributed by atoms with E-state index in [1.54, 1.807) is 0 Å². The van der Waals surface area contributed by atoms with Crippen LogP contribution in [0.2, 0.25) is 0 Å². The average Bonchev–Trinajstić information content (AvgIpc) is 2.54. The van der Waals surface area contributed by atoms with Crippen LogP contribution in [0.25, 0.3) is 0 Å². The van der Waals surface area contributed by atoms with Gasteiger partial charge in [-0.25, -0.2) is 15.0 Å². The third kappa shape index (κ3) is 4.09. The summed E-state index contributed by atoms with van der Waals surface area (Å²) in [7, 11) is 0. The van der Waals surface area contributed by atoms with Crippen LogP contribution in [0.1, 0.15) is 49.7 Å². The maximum Gasteiger partial charge on any atom is 0.228 e. The molecule has 3 rings (SSSR count). The highest BCUT2D eigenvalue weighted by Gasteiger charge is 2.23. The van der Waals surface area contributed by atoms with Gasteiger partial charge in [0.1, 0.15) is 5.82 Å². The Morgan fingerprint density at radius 2 is 1.88 bits per heavy atom. The molecule has 1 aliphatic heterocycles. The Hall–Kier alpha value is -2.01. The maximum absolute atomic E-state index is 4.83. The Morgan fingerprint density at radius 3 is 2.58 bits per heavy atom. The first-order valence-corrected chi connectivity index (χ1v) is 8.81. The van der Waals surface area contributed by atoms with Gasteiger partial charge in [0.15, 0.2) is 0 Å². The van der Waals surface area contributed by atoms with E-state index < -0.39 is 0 Å². The molecule has 2 aromatic rings. The van der Waals surface area contributed by atoms with Gasteiger partial charge in [0.25, 0.3) is 0 Å². The molecule has 24 heavy (non-hydrogen) atoms. The molecular formula is C19H27N5. The summed E-state index contributed by atoms with van der Waals surface area (Å²) in [6.45, 7) is 10.8. The highest BCUT2D eigenvalue weighted by atomic mass is 15.2. The highest BCUT2D eigenvalue weighted by Crippen LogP contribution is 2.27. The number of likely N-dealkylation sites (tertiary alicyclic amines) is 1. The fourth-order valence-corrected chi connectivity index (χ4v) is 3.36. The molecule has 5 nitrogen and oxygen atoms in total. The molecule has 1 fully saturated rings. The molecule has 128 valence electrons. The van der Waals surface area contributed by atoms with E-state index in [9.17, 15) is 0 Å². The van der Waals surface area contributed by atoms with E-state index in [1.165, 1.54) is 19.4 Å². The van der Waals surface area contributed by atoms with Gasteiger partial charge in [0, 0.05) is 35.6 Å². The minimum Gasteiger partial charge on any atom is -0.309 e. The summed E-state index contributed by atoms with van der Waals surface area (Å²) in [4.78, 5) is 16.2. The number of pyridine rings is 1. The van der Waals surface area contributed by atoms with Crippen molar-refractivity contribution in [3.05, 3.63) is 41.3 Å². The number of aryl methyl sites for hydroxylation is 2. The summed E-state index contributed by atoms with van der Waals surface area (Å²) in [6, 6.07) is 8.76. The lowest BCUT2D eigenvalue weighted by Crippen LogP contribution is -2.39. The number of piperidine rings is 1. The van der Waals surface area contributed by atoms with Gasteiger partial charge in [-0.3, -0.25) is 0 Å². The molecule has 1 N–H and O–H groups in total. The molecule has 0 unspecified atom stereocenters. The zero-order chi connectivity index (χ0) is 17.1. The van der Waals surface area contributed by atoms with E-state index in [0.29, 0.717) is 17.9 Å². The van der Waals surface area contributed by atoms with Crippen molar-refractivity contribution in [2.24, 2.45) is 0 Å². The molecule has 0 aromatic carbocycles. The predicted molar refractivity (Wildman–Crippen MR) is 97.7 cm³/mol. The summed E-state index contributed by atoms with van der Waals surface area (Å²) in [5, 5.41) is 3.25. The Kier molecular flexibility index (Phi) is 5.09. The first-order valence-electron chi connectivity index (χ1n) is 8.81. The molecule has 2 aromatic heterocycles. The molecule has 0 radical (unpaired) electrons. The first-order chi connectivity index (χ1) is 11.5. The smallest absolute Gasteiger partial charge is 0.228 e. The van der Waals surface area contributed by atoms with Crippen molar-refractivity contribution in [1.29, 1.82) is 0 Å². The highest BCUT2D eigenvalue weighted by molar-refractivity contribution is 5.48. The molecule has 0 saturated carbocycles. The lowest BCUT2D eigenvalue weighted by atomic mass is 9.93. The number of aromatic nitrogens is 3. The number of hydrogen-bond donors (Lipinski definition) is 1. The van der Waals surface area contributed by atoms with E-state index in [2.05, 4.69) is 46.2 Å². The quantitative estimate of drug-likeness (QED) is 0.926. The van der Waals surface area contributed by atoms with Crippen molar-refractivity contribution < 1.29 is 0 Å². The summed E-state index contributed by atoms with van der Waals surface area (Å²) < 4.78 is 0. The van der Waals surface area contributed by atoms with Crippen molar-refractivity contribution in [2.75, 3.05) is 18.4 Å². The number of hydrogen-bond acceptors (Lipinski definition) is 5. The van der Waals surface area contributed by atoms with Gasteiger partial charge in [0.2, 0.25) is 5.95 Å². The fraction of sp³-hybridized carbons (Fsp3) is 0.526. The Morgan fingerprint density at radius 1 is 1.12 bits per heavy atom. The molecule has 0 aliphatic carbocycles. The molecule has 1 saturated heterocycles. The monoisotopic (exact) mass is 325 g/mol. The van der Waals surface area contributed by atoms with E-state index >= 15 is 0 Å². The standard InChI is InChI=1S/C19H27N5/c1-13(2)24-10-6-7-16(12-24)17-8-5-9-18(22-17)23-19-20-14(3)11-15(4)21-19/h5,8-9,11,13,16H,6-7,10,12H2,1-4H3,(H,20,21,22,23)/t16-/m0/s1. The molecular weight excluding hydrogens is 298 g/mol. The summed E-state index contributed by atoms with van der Waals surface area (Å²) in [5.41, 5.74) is 3.08. The summed E-state index contributed by atoms with van der Waals surface area (Å²) >= 11 is 0. The average molecular weight is 325 g/mol. The maximum atomic E-state index is 4.83. The second kappa shape index (κ2) is 7.26. The van der Waals surface area contributed by atoms with Crippen LogP contribution in [0.5, 0.6) is 0 Å². The van der Waals surface area contributed by atoms with Gasteiger partial charge in [-0.15, -0.1) is 0 Å². The number of nitrogens with zero attached hydrogens (tertiary/aromatic N) is 4. The molecule has 0 bridgehead atoms. The normalized spacial score (nSPS) is 18.8. The SMILES string of the molecule is Cc1cc(C)nc(Nc2cccc([C@H]3CCCN(C(C)C)C3)n2)n1. The van der Waals surface area contributed by atoms with Gasteiger partial charge in [-0.1, -0.05) is 6.07 Å². The Bertz CT molecular complexity index is 678. The van der Waals surface area contributed by atoms with Crippen molar-refractivity contribution in [1.82, 2.24) is 19.9 Å². The largest absolute Gasteiger partial charge is 0.309 e. The predicted octanol–water partition coefficient (Wildman–Crippen LogP) is 3.82. The van der Waals surface area contributed by atoms with E-state index in [-0.39, 0.29) is 0 Å². The van der Waals surface area contributed by atoms with Gasteiger partial charge >= 0.3 is 0 Å². The summed E-state index contributed by atoms with van der Waals surface area (Å²) in [5.74, 6) is 1.94. The van der Waals surface area contributed by atoms with Gasteiger partial charge < -0.3 is 10.2 Å². The Labute approximate surface area is 144 Å². The molecule has 3 heterocycles. The molecule has 5 heteroatoms. The van der Waals surface area contributed by atoms with Crippen LogP contribution < -0.4 is 5.32 Å². The molecule has 1 aliphatic rings.